The van der Waals surface area contributed by atoms with Crippen LogP contribution in [0.3, 0.4) is 0 Å². The number of fused-ring (bicyclic) bond motifs is 1. The Hall–Kier alpha value is -1.74. The quantitative estimate of drug-likeness (QED) is 0.680. The summed E-state index contributed by atoms with van der Waals surface area (Å²) in [6.45, 7) is 5.76. The molecular weight excluding hydrogens is 248 g/mol. The molecule has 18 heavy (non-hydrogen) atoms. The van der Waals surface area contributed by atoms with Crippen molar-refractivity contribution in [3.63, 3.8) is 0 Å². The summed E-state index contributed by atoms with van der Waals surface area (Å²) < 4.78 is 1.63. The minimum absolute atomic E-state index is 0.0131. The van der Waals surface area contributed by atoms with Gasteiger partial charge in [-0.2, -0.15) is 5.26 Å². The van der Waals surface area contributed by atoms with E-state index in [0.29, 0.717) is 16.2 Å². The standard InChI is InChI=1S/C12H14N4OS/c1-7(2)16-11(17)10-9(6-8(3)14-10)15-12(16)18-5-4-13/h6-7,14H,5H2,1-3H3. The van der Waals surface area contributed by atoms with E-state index in [0.717, 1.165) is 5.69 Å². The molecule has 2 heterocycles. The predicted octanol–water partition coefficient (Wildman–Crippen LogP) is 2.23. The lowest BCUT2D eigenvalue weighted by molar-refractivity contribution is 0.518. The monoisotopic (exact) mass is 262 g/mol. The average Bonchev–Trinajstić information content (AvgIpc) is 2.66. The molecule has 2 aromatic heterocycles. The molecule has 0 radical (unpaired) electrons. The van der Waals surface area contributed by atoms with Gasteiger partial charge in [0.05, 0.1) is 17.3 Å². The summed E-state index contributed by atoms with van der Waals surface area (Å²) in [6.07, 6.45) is 0. The smallest absolute Gasteiger partial charge is 0.278 e. The summed E-state index contributed by atoms with van der Waals surface area (Å²) in [4.78, 5) is 19.9. The molecule has 0 amide bonds. The van der Waals surface area contributed by atoms with Crippen LogP contribution in [0.1, 0.15) is 25.6 Å². The van der Waals surface area contributed by atoms with E-state index in [2.05, 4.69) is 16.0 Å². The molecule has 0 saturated carbocycles. The maximum absolute atomic E-state index is 12.4. The Kier molecular flexibility index (Phi) is 3.43. The first-order valence-corrected chi connectivity index (χ1v) is 6.64. The van der Waals surface area contributed by atoms with Gasteiger partial charge in [0.15, 0.2) is 5.16 Å². The number of aromatic nitrogens is 3. The highest BCUT2D eigenvalue weighted by atomic mass is 32.2. The fourth-order valence-corrected chi connectivity index (χ4v) is 2.63. The van der Waals surface area contributed by atoms with Gasteiger partial charge < -0.3 is 4.98 Å². The highest BCUT2D eigenvalue weighted by Gasteiger charge is 2.15. The Labute approximate surface area is 109 Å². The van der Waals surface area contributed by atoms with Crippen LogP contribution in [0, 0.1) is 18.3 Å². The number of nitrogens with zero attached hydrogens (tertiary/aromatic N) is 3. The zero-order chi connectivity index (χ0) is 13.3. The molecule has 0 aliphatic heterocycles. The molecule has 0 bridgehead atoms. The van der Waals surface area contributed by atoms with Gasteiger partial charge in [-0.25, -0.2) is 4.98 Å². The van der Waals surface area contributed by atoms with Gasteiger partial charge in [0, 0.05) is 11.7 Å². The molecule has 1 N–H and O–H groups in total. The number of H-pyrrole nitrogens is 1. The third-order valence-corrected chi connectivity index (χ3v) is 3.39. The van der Waals surface area contributed by atoms with Gasteiger partial charge in [-0.05, 0) is 26.8 Å². The van der Waals surface area contributed by atoms with Crippen molar-refractivity contribution in [1.29, 1.82) is 5.26 Å². The van der Waals surface area contributed by atoms with Crippen molar-refractivity contribution >= 4 is 22.8 Å². The van der Waals surface area contributed by atoms with Crippen molar-refractivity contribution in [3.8, 4) is 6.07 Å². The number of hydrogen-bond donors (Lipinski definition) is 1. The summed E-state index contributed by atoms with van der Waals surface area (Å²) in [5.41, 5.74) is 2.02. The minimum Gasteiger partial charge on any atom is -0.353 e. The van der Waals surface area contributed by atoms with Crippen LogP contribution in [0.2, 0.25) is 0 Å². The van der Waals surface area contributed by atoms with Gasteiger partial charge in [-0.3, -0.25) is 9.36 Å². The van der Waals surface area contributed by atoms with Crippen LogP contribution in [-0.2, 0) is 0 Å². The number of hydrogen-bond acceptors (Lipinski definition) is 4. The van der Waals surface area contributed by atoms with E-state index in [4.69, 9.17) is 5.26 Å². The third-order valence-electron chi connectivity index (χ3n) is 2.57. The molecule has 0 aliphatic carbocycles. The van der Waals surface area contributed by atoms with Crippen molar-refractivity contribution in [2.45, 2.75) is 32.0 Å². The molecule has 0 aromatic carbocycles. The summed E-state index contributed by atoms with van der Waals surface area (Å²) >= 11 is 1.29. The molecule has 0 spiro atoms. The van der Waals surface area contributed by atoms with Gasteiger partial charge in [0.2, 0.25) is 0 Å². The summed E-state index contributed by atoms with van der Waals surface area (Å²) in [6, 6.07) is 3.91. The lowest BCUT2D eigenvalue weighted by Crippen LogP contribution is -2.25. The van der Waals surface area contributed by atoms with Gasteiger partial charge in [-0.1, -0.05) is 11.8 Å². The molecule has 0 saturated heterocycles. The Morgan fingerprint density at radius 3 is 2.94 bits per heavy atom. The van der Waals surface area contributed by atoms with Crippen LogP contribution in [0.15, 0.2) is 16.0 Å². The molecule has 2 aromatic rings. The molecule has 5 nitrogen and oxygen atoms in total. The minimum atomic E-state index is -0.0801. The second kappa shape index (κ2) is 4.86. The highest BCUT2D eigenvalue weighted by molar-refractivity contribution is 7.99. The highest BCUT2D eigenvalue weighted by Crippen LogP contribution is 2.20. The van der Waals surface area contributed by atoms with Crippen molar-refractivity contribution in [2.24, 2.45) is 0 Å². The Bertz CT molecular complexity index is 678. The van der Waals surface area contributed by atoms with Crippen molar-refractivity contribution in [1.82, 2.24) is 14.5 Å². The van der Waals surface area contributed by atoms with E-state index in [-0.39, 0.29) is 17.4 Å². The topological polar surface area (TPSA) is 74.5 Å². The number of aromatic amines is 1. The van der Waals surface area contributed by atoms with E-state index < -0.39 is 0 Å². The molecular formula is C12H14N4OS. The third kappa shape index (κ3) is 2.14. The van der Waals surface area contributed by atoms with Crippen molar-refractivity contribution in [2.75, 3.05) is 5.75 Å². The zero-order valence-electron chi connectivity index (χ0n) is 10.5. The van der Waals surface area contributed by atoms with Crippen LogP contribution in [0.25, 0.3) is 11.0 Å². The summed E-state index contributed by atoms with van der Waals surface area (Å²) in [5, 5.41) is 9.25. The summed E-state index contributed by atoms with van der Waals surface area (Å²) in [5.74, 6) is 0.286. The van der Waals surface area contributed by atoms with Crippen LogP contribution in [0.4, 0.5) is 0 Å². The normalized spacial score (nSPS) is 11.1. The Morgan fingerprint density at radius 2 is 2.33 bits per heavy atom. The maximum atomic E-state index is 12.4. The number of thioether (sulfide) groups is 1. The van der Waals surface area contributed by atoms with E-state index in [1.165, 1.54) is 11.8 Å². The van der Waals surface area contributed by atoms with Gasteiger partial charge in [0.1, 0.15) is 5.52 Å². The maximum Gasteiger partial charge on any atom is 0.278 e. The Morgan fingerprint density at radius 1 is 1.61 bits per heavy atom. The molecule has 6 heteroatoms. The van der Waals surface area contributed by atoms with Crippen molar-refractivity contribution < 1.29 is 0 Å². The lowest BCUT2D eigenvalue weighted by Gasteiger charge is -2.13. The fourth-order valence-electron chi connectivity index (χ4n) is 1.84. The van der Waals surface area contributed by atoms with Crippen molar-refractivity contribution in [3.05, 3.63) is 22.1 Å². The van der Waals surface area contributed by atoms with Crippen LogP contribution in [0.5, 0.6) is 0 Å². The van der Waals surface area contributed by atoms with E-state index in [1.807, 2.05) is 26.8 Å². The molecule has 94 valence electrons. The second-order valence-electron chi connectivity index (χ2n) is 4.32. The number of rotatable bonds is 3. The van der Waals surface area contributed by atoms with Crippen LogP contribution < -0.4 is 5.56 Å². The molecule has 0 atom stereocenters. The summed E-state index contributed by atoms with van der Waals surface area (Å²) in [7, 11) is 0. The Balaban J connectivity index is 2.71. The molecule has 2 rings (SSSR count). The fraction of sp³-hybridized carbons (Fsp3) is 0.417. The van der Waals surface area contributed by atoms with Gasteiger partial charge in [-0.15, -0.1) is 0 Å². The first-order valence-electron chi connectivity index (χ1n) is 5.66. The van der Waals surface area contributed by atoms with Crippen LogP contribution in [-0.4, -0.2) is 20.3 Å². The van der Waals surface area contributed by atoms with Crippen LogP contribution >= 0.6 is 11.8 Å². The van der Waals surface area contributed by atoms with E-state index in [1.54, 1.807) is 4.57 Å². The lowest BCUT2D eigenvalue weighted by atomic mass is 10.3. The first-order chi connectivity index (χ1) is 8.54. The molecule has 0 unspecified atom stereocenters. The molecule has 0 aliphatic rings. The zero-order valence-corrected chi connectivity index (χ0v) is 11.3. The second-order valence-corrected chi connectivity index (χ2v) is 5.27. The van der Waals surface area contributed by atoms with E-state index in [9.17, 15) is 4.79 Å². The number of nitriles is 1. The van der Waals surface area contributed by atoms with Gasteiger partial charge in [0.25, 0.3) is 5.56 Å². The SMILES string of the molecule is Cc1cc2nc(SCC#N)n(C(C)C)c(=O)c2[nH]1. The average molecular weight is 262 g/mol. The number of nitrogens with one attached hydrogen (secondary N) is 1. The molecule has 0 fully saturated rings. The van der Waals surface area contributed by atoms with E-state index >= 15 is 0 Å². The number of aryl methyl sites for hydroxylation is 1. The van der Waals surface area contributed by atoms with Gasteiger partial charge >= 0.3 is 0 Å². The predicted molar refractivity (Wildman–Crippen MR) is 71.8 cm³/mol. The first kappa shape index (κ1) is 12.7. The largest absolute Gasteiger partial charge is 0.353 e.